The van der Waals surface area contributed by atoms with Crippen molar-refractivity contribution in [1.82, 2.24) is 14.8 Å². The van der Waals surface area contributed by atoms with Gasteiger partial charge in [-0.15, -0.1) is 21.5 Å². The molecule has 8 heteroatoms. The van der Waals surface area contributed by atoms with E-state index in [0.717, 1.165) is 30.6 Å². The predicted octanol–water partition coefficient (Wildman–Crippen LogP) is 2.76. The largest absolute Gasteiger partial charge is 0.296 e. The van der Waals surface area contributed by atoms with E-state index in [9.17, 15) is 8.42 Å². The lowest BCUT2D eigenvalue weighted by Gasteiger charge is -2.05. The van der Waals surface area contributed by atoms with Gasteiger partial charge in [-0.05, 0) is 43.7 Å². The Balaban J connectivity index is 1.87. The highest BCUT2D eigenvalue weighted by Crippen LogP contribution is 2.43. The number of nitrogens with zero attached hydrogens (tertiary/aromatic N) is 3. The van der Waals surface area contributed by atoms with Crippen LogP contribution in [0.1, 0.15) is 35.7 Å². The Morgan fingerprint density at radius 1 is 1.30 bits per heavy atom. The van der Waals surface area contributed by atoms with Gasteiger partial charge in [0.05, 0.1) is 4.88 Å². The fourth-order valence-electron chi connectivity index (χ4n) is 2.71. The summed E-state index contributed by atoms with van der Waals surface area (Å²) in [4.78, 5) is 2.39. The van der Waals surface area contributed by atoms with Gasteiger partial charge in [0.25, 0.3) is 14.2 Å². The second-order valence-electron chi connectivity index (χ2n) is 5.26. The molecule has 2 heterocycles. The molecule has 0 amide bonds. The zero-order valence-corrected chi connectivity index (χ0v) is 12.9. The molecule has 0 radical (unpaired) electrons. The molecule has 0 unspecified atom stereocenters. The van der Waals surface area contributed by atoms with Crippen molar-refractivity contribution in [2.24, 2.45) is 0 Å². The number of aryl methyl sites for hydroxylation is 2. The maximum absolute atomic E-state index is 11.6. The Kier molecular flexibility index (Phi) is 2.74. The highest BCUT2D eigenvalue weighted by atomic mass is 35.7. The molecule has 0 aromatic carbocycles. The summed E-state index contributed by atoms with van der Waals surface area (Å²) in [5, 5.41) is 7.77. The average Bonchev–Trinajstić information content (AvgIpc) is 2.81. The van der Waals surface area contributed by atoms with Crippen molar-refractivity contribution >= 4 is 31.1 Å². The lowest BCUT2D eigenvalue weighted by molar-refractivity contribution is 0.579. The number of hydrogen-bond acceptors (Lipinski definition) is 5. The molecule has 2 aliphatic carbocycles. The van der Waals surface area contributed by atoms with Gasteiger partial charge in [-0.1, -0.05) is 0 Å². The predicted molar refractivity (Wildman–Crippen MR) is 76.7 cm³/mol. The van der Waals surface area contributed by atoms with E-state index < -0.39 is 9.05 Å². The zero-order valence-electron chi connectivity index (χ0n) is 10.5. The summed E-state index contributed by atoms with van der Waals surface area (Å²) >= 11 is 1.70. The standard InChI is InChI=1S/C12H12ClN3O2S2/c13-20(17,18)12-15-14-11(16(12)8-4-5-8)10-6-7-2-1-3-9(7)19-10/h6,8H,1-5H2. The second-order valence-corrected chi connectivity index (χ2v) is 8.85. The van der Waals surface area contributed by atoms with Crippen LogP contribution in [0.25, 0.3) is 10.7 Å². The van der Waals surface area contributed by atoms with E-state index in [2.05, 4.69) is 16.3 Å². The van der Waals surface area contributed by atoms with Crippen LogP contribution in [0, 0.1) is 0 Å². The summed E-state index contributed by atoms with van der Waals surface area (Å²) in [6, 6.07) is 2.29. The third kappa shape index (κ3) is 1.99. The Bertz CT molecular complexity index is 768. The molecule has 20 heavy (non-hydrogen) atoms. The lowest BCUT2D eigenvalue weighted by atomic mass is 10.2. The van der Waals surface area contributed by atoms with Crippen LogP contribution in [0.5, 0.6) is 0 Å². The minimum absolute atomic E-state index is 0.120. The van der Waals surface area contributed by atoms with Crippen LogP contribution < -0.4 is 0 Å². The number of thiophene rings is 1. The van der Waals surface area contributed by atoms with E-state index in [0.29, 0.717) is 5.82 Å². The van der Waals surface area contributed by atoms with E-state index in [1.165, 1.54) is 16.9 Å². The van der Waals surface area contributed by atoms with Crippen LogP contribution in [-0.4, -0.2) is 23.2 Å². The molecule has 0 bridgehead atoms. The molecule has 1 fully saturated rings. The Hall–Kier alpha value is -0.920. The zero-order chi connectivity index (χ0) is 13.9. The van der Waals surface area contributed by atoms with Gasteiger partial charge in [-0.3, -0.25) is 4.57 Å². The molecule has 0 atom stereocenters. The molecule has 2 aliphatic rings. The fourth-order valence-corrected chi connectivity index (χ4v) is 4.87. The smallest absolute Gasteiger partial charge is 0.293 e. The highest BCUT2D eigenvalue weighted by molar-refractivity contribution is 8.13. The molecular weight excluding hydrogens is 318 g/mol. The van der Waals surface area contributed by atoms with Crippen molar-refractivity contribution in [2.45, 2.75) is 43.3 Å². The first kappa shape index (κ1) is 12.8. The molecule has 2 aromatic heterocycles. The molecule has 0 N–H and O–H groups in total. The molecule has 1 saturated carbocycles. The molecular formula is C12H12ClN3O2S2. The number of aromatic nitrogens is 3. The number of fused-ring (bicyclic) bond motifs is 1. The van der Waals surface area contributed by atoms with Gasteiger partial charge >= 0.3 is 0 Å². The van der Waals surface area contributed by atoms with Gasteiger partial charge in [0.2, 0.25) is 0 Å². The van der Waals surface area contributed by atoms with Crippen LogP contribution in [0.15, 0.2) is 11.2 Å². The fraction of sp³-hybridized carbons (Fsp3) is 0.500. The highest BCUT2D eigenvalue weighted by Gasteiger charge is 2.34. The quantitative estimate of drug-likeness (QED) is 0.812. The van der Waals surface area contributed by atoms with E-state index in [-0.39, 0.29) is 11.2 Å². The number of halogens is 1. The monoisotopic (exact) mass is 329 g/mol. The van der Waals surface area contributed by atoms with Crippen molar-refractivity contribution in [1.29, 1.82) is 0 Å². The summed E-state index contributed by atoms with van der Waals surface area (Å²) in [6.45, 7) is 0. The van der Waals surface area contributed by atoms with Crippen LogP contribution in [0.2, 0.25) is 0 Å². The normalized spacial score (nSPS) is 18.4. The Labute approximate surface area is 125 Å². The summed E-state index contributed by atoms with van der Waals surface area (Å²) < 4.78 is 24.9. The van der Waals surface area contributed by atoms with Gasteiger partial charge in [-0.2, -0.15) is 0 Å². The topological polar surface area (TPSA) is 64.8 Å². The van der Waals surface area contributed by atoms with Crippen molar-refractivity contribution < 1.29 is 8.42 Å². The van der Waals surface area contributed by atoms with E-state index in [4.69, 9.17) is 10.7 Å². The van der Waals surface area contributed by atoms with Gasteiger partial charge in [0, 0.05) is 21.6 Å². The minimum Gasteiger partial charge on any atom is -0.293 e. The number of rotatable bonds is 3. The maximum atomic E-state index is 11.6. The Morgan fingerprint density at radius 2 is 2.10 bits per heavy atom. The van der Waals surface area contributed by atoms with Crippen molar-refractivity contribution in [3.8, 4) is 10.7 Å². The van der Waals surface area contributed by atoms with Crippen LogP contribution in [0.4, 0.5) is 0 Å². The minimum atomic E-state index is -3.85. The molecule has 106 valence electrons. The number of hydrogen-bond donors (Lipinski definition) is 0. The van der Waals surface area contributed by atoms with E-state index in [1.807, 2.05) is 0 Å². The third-order valence-electron chi connectivity index (χ3n) is 3.76. The average molecular weight is 330 g/mol. The van der Waals surface area contributed by atoms with Gasteiger partial charge in [0.1, 0.15) is 0 Å². The van der Waals surface area contributed by atoms with Crippen molar-refractivity contribution in [3.63, 3.8) is 0 Å². The van der Waals surface area contributed by atoms with Crippen molar-refractivity contribution in [2.75, 3.05) is 0 Å². The summed E-state index contributed by atoms with van der Waals surface area (Å²) in [7, 11) is 1.61. The lowest BCUT2D eigenvalue weighted by Crippen LogP contribution is -2.05. The summed E-state index contributed by atoms with van der Waals surface area (Å²) in [6.07, 6.45) is 5.32. The van der Waals surface area contributed by atoms with Gasteiger partial charge < -0.3 is 0 Å². The van der Waals surface area contributed by atoms with Crippen LogP contribution >= 0.6 is 22.0 Å². The molecule has 0 aliphatic heterocycles. The third-order valence-corrected chi connectivity index (χ3v) is 6.12. The SMILES string of the molecule is O=S(=O)(Cl)c1nnc(-c2cc3c(s2)CCC3)n1C1CC1. The first-order valence-electron chi connectivity index (χ1n) is 6.55. The van der Waals surface area contributed by atoms with Gasteiger partial charge in [-0.25, -0.2) is 8.42 Å². The molecule has 0 saturated heterocycles. The van der Waals surface area contributed by atoms with E-state index in [1.54, 1.807) is 15.9 Å². The van der Waals surface area contributed by atoms with Gasteiger partial charge in [0.15, 0.2) is 5.82 Å². The first-order chi connectivity index (χ1) is 9.54. The van der Waals surface area contributed by atoms with Crippen LogP contribution in [-0.2, 0) is 21.9 Å². The molecule has 2 aromatic rings. The molecule has 0 spiro atoms. The summed E-state index contributed by atoms with van der Waals surface area (Å²) in [5.41, 5.74) is 1.37. The maximum Gasteiger partial charge on any atom is 0.296 e. The first-order valence-corrected chi connectivity index (χ1v) is 9.68. The Morgan fingerprint density at radius 3 is 2.75 bits per heavy atom. The second kappa shape index (κ2) is 4.29. The van der Waals surface area contributed by atoms with Crippen molar-refractivity contribution in [3.05, 3.63) is 16.5 Å². The van der Waals surface area contributed by atoms with E-state index >= 15 is 0 Å². The molecule has 5 nitrogen and oxygen atoms in total. The molecule has 4 rings (SSSR count). The summed E-state index contributed by atoms with van der Waals surface area (Å²) in [5.74, 6) is 0.645. The van der Waals surface area contributed by atoms with Crippen LogP contribution in [0.3, 0.4) is 0 Å².